The van der Waals surface area contributed by atoms with Crippen molar-refractivity contribution >= 4 is 6.03 Å². The van der Waals surface area contributed by atoms with E-state index in [0.29, 0.717) is 11.5 Å². The van der Waals surface area contributed by atoms with Gasteiger partial charge in [-0.2, -0.15) is 0 Å². The smallest absolute Gasteiger partial charge is 0.315 e. The highest BCUT2D eigenvalue weighted by molar-refractivity contribution is 5.74. The number of fused-ring (bicyclic) bond motifs is 1. The van der Waals surface area contributed by atoms with Crippen molar-refractivity contribution in [3.8, 4) is 0 Å². The quantitative estimate of drug-likeness (QED) is 0.815. The molecule has 0 saturated heterocycles. The van der Waals surface area contributed by atoms with Crippen molar-refractivity contribution in [1.29, 1.82) is 0 Å². The molecule has 0 aromatic rings. The Kier molecular flexibility index (Phi) is 3.63. The largest absolute Gasteiger partial charge is 0.338 e. The standard InChI is InChI=1S/C18H30N2O/c21-17(19-12-13-9-14-4-5-15(14)10-13)20-16-3-1-6-18(11-16)7-2-8-18/h13-16H,1-12H2,(H2,19,20,21)/t13?,14-,15+,16?. The summed E-state index contributed by atoms with van der Waals surface area (Å²) in [7, 11) is 0. The van der Waals surface area contributed by atoms with E-state index in [2.05, 4.69) is 10.6 Å². The summed E-state index contributed by atoms with van der Waals surface area (Å²) in [6.45, 7) is 0.900. The van der Waals surface area contributed by atoms with E-state index in [4.69, 9.17) is 0 Å². The minimum absolute atomic E-state index is 0.0932. The van der Waals surface area contributed by atoms with Crippen LogP contribution in [0.5, 0.6) is 0 Å². The number of hydrogen-bond donors (Lipinski definition) is 2. The lowest BCUT2D eigenvalue weighted by molar-refractivity contribution is 0.0608. The van der Waals surface area contributed by atoms with Crippen LogP contribution in [0.2, 0.25) is 0 Å². The fourth-order valence-electron chi connectivity index (χ4n) is 5.56. The van der Waals surface area contributed by atoms with Crippen LogP contribution in [0.3, 0.4) is 0 Å². The van der Waals surface area contributed by atoms with Crippen LogP contribution < -0.4 is 10.6 Å². The van der Waals surface area contributed by atoms with Gasteiger partial charge in [0.05, 0.1) is 0 Å². The summed E-state index contributed by atoms with van der Waals surface area (Å²) in [5, 5.41) is 6.41. The average molecular weight is 290 g/mol. The molecule has 2 unspecified atom stereocenters. The number of carbonyl (C=O) groups excluding carboxylic acids is 1. The highest BCUT2D eigenvalue weighted by atomic mass is 16.2. The molecule has 21 heavy (non-hydrogen) atoms. The van der Waals surface area contributed by atoms with Crippen LogP contribution in [0.4, 0.5) is 4.79 Å². The van der Waals surface area contributed by atoms with E-state index in [1.165, 1.54) is 70.6 Å². The van der Waals surface area contributed by atoms with Gasteiger partial charge in [-0.15, -0.1) is 0 Å². The molecule has 0 aromatic carbocycles. The Balaban J connectivity index is 1.19. The Hall–Kier alpha value is -0.730. The molecule has 4 atom stereocenters. The van der Waals surface area contributed by atoms with Gasteiger partial charge in [-0.1, -0.05) is 12.8 Å². The maximum Gasteiger partial charge on any atom is 0.315 e. The zero-order chi connectivity index (χ0) is 14.3. The average Bonchev–Trinajstić information content (AvgIpc) is 2.71. The minimum atomic E-state index is 0.0932. The summed E-state index contributed by atoms with van der Waals surface area (Å²) in [5.41, 5.74) is 0.612. The van der Waals surface area contributed by atoms with Crippen LogP contribution in [-0.4, -0.2) is 18.6 Å². The molecule has 4 aliphatic rings. The van der Waals surface area contributed by atoms with E-state index in [9.17, 15) is 4.79 Å². The van der Waals surface area contributed by atoms with Gasteiger partial charge in [-0.25, -0.2) is 4.79 Å². The lowest BCUT2D eigenvalue weighted by Gasteiger charge is -2.47. The van der Waals surface area contributed by atoms with Gasteiger partial charge < -0.3 is 10.6 Å². The molecule has 4 fully saturated rings. The van der Waals surface area contributed by atoms with Gasteiger partial charge in [-0.05, 0) is 81.0 Å². The van der Waals surface area contributed by atoms with E-state index < -0.39 is 0 Å². The van der Waals surface area contributed by atoms with Crippen LogP contribution >= 0.6 is 0 Å². The molecule has 0 radical (unpaired) electrons. The second-order valence-corrected chi connectivity index (χ2v) is 8.44. The van der Waals surface area contributed by atoms with Crippen molar-refractivity contribution in [3.63, 3.8) is 0 Å². The number of carbonyl (C=O) groups is 1. The molecule has 4 rings (SSSR count). The molecule has 2 N–H and O–H groups in total. The molecular weight excluding hydrogens is 260 g/mol. The number of urea groups is 1. The Labute approximate surface area is 128 Å². The highest BCUT2D eigenvalue weighted by Gasteiger charge is 2.42. The zero-order valence-electron chi connectivity index (χ0n) is 13.2. The predicted molar refractivity (Wildman–Crippen MR) is 84.0 cm³/mol. The van der Waals surface area contributed by atoms with Crippen molar-refractivity contribution in [2.75, 3.05) is 6.54 Å². The molecule has 4 aliphatic carbocycles. The maximum atomic E-state index is 12.1. The van der Waals surface area contributed by atoms with Crippen LogP contribution in [0.1, 0.15) is 70.6 Å². The lowest BCUT2D eigenvalue weighted by Crippen LogP contribution is -2.48. The van der Waals surface area contributed by atoms with Crippen molar-refractivity contribution in [3.05, 3.63) is 0 Å². The van der Waals surface area contributed by atoms with Crippen molar-refractivity contribution in [2.45, 2.75) is 76.7 Å². The van der Waals surface area contributed by atoms with Crippen molar-refractivity contribution in [1.82, 2.24) is 10.6 Å². The molecule has 0 bridgehead atoms. The fraction of sp³-hybridized carbons (Fsp3) is 0.944. The third-order valence-corrected chi connectivity index (χ3v) is 7.09. The molecule has 0 aliphatic heterocycles. The third-order valence-electron chi connectivity index (χ3n) is 7.09. The first-order chi connectivity index (χ1) is 10.2. The summed E-state index contributed by atoms with van der Waals surface area (Å²) >= 11 is 0. The molecular formula is C18H30N2O. The van der Waals surface area contributed by atoms with Crippen molar-refractivity contribution < 1.29 is 4.79 Å². The van der Waals surface area contributed by atoms with Crippen molar-refractivity contribution in [2.24, 2.45) is 23.2 Å². The minimum Gasteiger partial charge on any atom is -0.338 e. The van der Waals surface area contributed by atoms with E-state index in [1.807, 2.05) is 0 Å². The number of nitrogens with one attached hydrogen (secondary N) is 2. The first kappa shape index (κ1) is 13.9. The zero-order valence-corrected chi connectivity index (χ0v) is 13.2. The summed E-state index contributed by atoms with van der Waals surface area (Å²) < 4.78 is 0. The Morgan fingerprint density at radius 2 is 1.71 bits per heavy atom. The molecule has 1 spiro atoms. The Morgan fingerprint density at radius 1 is 1.00 bits per heavy atom. The normalized spacial score (nSPS) is 40.0. The van der Waals surface area contributed by atoms with Gasteiger partial charge >= 0.3 is 6.03 Å². The van der Waals surface area contributed by atoms with E-state index in [0.717, 1.165) is 24.3 Å². The summed E-state index contributed by atoms with van der Waals surface area (Å²) in [5.74, 6) is 2.74. The Morgan fingerprint density at radius 3 is 2.33 bits per heavy atom. The van der Waals surface area contributed by atoms with Crippen LogP contribution in [0, 0.1) is 23.2 Å². The van der Waals surface area contributed by atoms with Gasteiger partial charge in [0.1, 0.15) is 0 Å². The summed E-state index contributed by atoms with van der Waals surface area (Å²) in [6.07, 6.45) is 14.9. The number of rotatable bonds is 3. The molecule has 0 aromatic heterocycles. The van der Waals surface area contributed by atoms with E-state index in [1.54, 1.807) is 0 Å². The monoisotopic (exact) mass is 290 g/mol. The predicted octanol–water partition coefficient (Wildman–Crippen LogP) is 3.83. The molecule has 3 heteroatoms. The second-order valence-electron chi connectivity index (χ2n) is 8.44. The van der Waals surface area contributed by atoms with E-state index in [-0.39, 0.29) is 6.03 Å². The number of amides is 2. The molecule has 2 amide bonds. The number of hydrogen-bond acceptors (Lipinski definition) is 1. The van der Waals surface area contributed by atoms with Gasteiger partial charge in [-0.3, -0.25) is 0 Å². The SMILES string of the molecule is O=C(NCC1C[C@H]2CC[C@H]2C1)NC1CCCC2(CCC2)C1. The van der Waals surface area contributed by atoms with Crippen LogP contribution in [-0.2, 0) is 0 Å². The Bertz CT molecular complexity index is 392. The molecule has 118 valence electrons. The molecule has 4 saturated carbocycles. The van der Waals surface area contributed by atoms with Gasteiger partial charge in [0.25, 0.3) is 0 Å². The van der Waals surface area contributed by atoms with E-state index >= 15 is 0 Å². The molecule has 0 heterocycles. The summed E-state index contributed by atoms with van der Waals surface area (Å²) in [4.78, 5) is 12.1. The topological polar surface area (TPSA) is 41.1 Å². The van der Waals surface area contributed by atoms with Gasteiger partial charge in [0.2, 0.25) is 0 Å². The highest BCUT2D eigenvalue weighted by Crippen LogP contribution is 2.51. The summed E-state index contributed by atoms with van der Waals surface area (Å²) in [6, 6.07) is 0.523. The first-order valence-electron chi connectivity index (χ1n) is 9.27. The van der Waals surface area contributed by atoms with Gasteiger partial charge in [0.15, 0.2) is 0 Å². The first-order valence-corrected chi connectivity index (χ1v) is 9.27. The van der Waals surface area contributed by atoms with Gasteiger partial charge in [0, 0.05) is 12.6 Å². The fourth-order valence-corrected chi connectivity index (χ4v) is 5.56. The lowest BCUT2D eigenvalue weighted by atomic mass is 9.60. The van der Waals surface area contributed by atoms with Crippen LogP contribution in [0.15, 0.2) is 0 Å². The van der Waals surface area contributed by atoms with Crippen LogP contribution in [0.25, 0.3) is 0 Å². The molecule has 3 nitrogen and oxygen atoms in total. The third kappa shape index (κ3) is 2.80. The second kappa shape index (κ2) is 5.48. The maximum absolute atomic E-state index is 12.1.